The molecule has 1 aliphatic heterocycles. The van der Waals surface area contributed by atoms with Crippen LogP contribution in [0.2, 0.25) is 0 Å². The van der Waals surface area contributed by atoms with Gasteiger partial charge in [-0.1, -0.05) is 0 Å². The van der Waals surface area contributed by atoms with E-state index in [9.17, 15) is 22.4 Å². The number of halogens is 4. The summed E-state index contributed by atoms with van der Waals surface area (Å²) in [7, 11) is 0. The SMILES string of the molecule is NC1CCN(c2nc3c(cc2F)c(=O)ccn3-c2nccs2)C1.O=C(O)C(F)(F)F. The van der Waals surface area contributed by atoms with Gasteiger partial charge in [-0.2, -0.15) is 13.2 Å². The maximum Gasteiger partial charge on any atom is 0.490 e. The number of carboxylic acid groups (broad SMARTS) is 1. The minimum atomic E-state index is -5.08. The van der Waals surface area contributed by atoms with Crippen LogP contribution in [-0.2, 0) is 4.79 Å². The van der Waals surface area contributed by atoms with Gasteiger partial charge in [-0.25, -0.2) is 19.2 Å². The number of nitrogens with zero attached hydrogens (tertiary/aromatic N) is 4. The van der Waals surface area contributed by atoms with Crippen LogP contribution < -0.4 is 16.1 Å². The first-order valence-electron chi connectivity index (χ1n) is 8.50. The average Bonchev–Trinajstić information content (AvgIpc) is 3.34. The lowest BCUT2D eigenvalue weighted by Gasteiger charge is -2.18. The summed E-state index contributed by atoms with van der Waals surface area (Å²) in [6.45, 7) is 1.22. The summed E-state index contributed by atoms with van der Waals surface area (Å²) in [5.41, 5.74) is 6.05. The summed E-state index contributed by atoms with van der Waals surface area (Å²) in [5.74, 6) is -3.02. The van der Waals surface area contributed by atoms with Crippen LogP contribution >= 0.6 is 11.3 Å². The minimum Gasteiger partial charge on any atom is -0.475 e. The molecule has 30 heavy (non-hydrogen) atoms. The zero-order valence-corrected chi connectivity index (χ0v) is 16.0. The molecule has 1 unspecified atom stereocenters. The maximum atomic E-state index is 14.4. The van der Waals surface area contributed by atoms with Gasteiger partial charge in [0, 0.05) is 43.0 Å². The van der Waals surface area contributed by atoms with Crippen LogP contribution in [0.3, 0.4) is 0 Å². The van der Waals surface area contributed by atoms with E-state index in [1.807, 2.05) is 10.3 Å². The summed E-state index contributed by atoms with van der Waals surface area (Å²) in [5, 5.41) is 9.88. The van der Waals surface area contributed by atoms with Gasteiger partial charge in [0.2, 0.25) is 0 Å². The van der Waals surface area contributed by atoms with Gasteiger partial charge in [-0.15, -0.1) is 11.3 Å². The van der Waals surface area contributed by atoms with Gasteiger partial charge in [0.1, 0.15) is 0 Å². The van der Waals surface area contributed by atoms with Gasteiger partial charge in [0.15, 0.2) is 27.8 Å². The highest BCUT2D eigenvalue weighted by Gasteiger charge is 2.38. The number of nitrogens with two attached hydrogens (primary N) is 1. The minimum absolute atomic E-state index is 0.0174. The Balaban J connectivity index is 0.000000318. The molecule has 3 aromatic heterocycles. The van der Waals surface area contributed by atoms with E-state index >= 15 is 0 Å². The molecule has 1 saturated heterocycles. The molecular formula is C17H15F4N5O3S. The van der Waals surface area contributed by atoms with Crippen LogP contribution in [0.15, 0.2) is 34.7 Å². The number of rotatable bonds is 2. The van der Waals surface area contributed by atoms with Crippen molar-refractivity contribution < 1.29 is 27.5 Å². The summed E-state index contributed by atoms with van der Waals surface area (Å²) in [6.07, 6.45) is -0.991. The predicted octanol–water partition coefficient (Wildman–Crippen LogP) is 2.15. The molecule has 4 heterocycles. The van der Waals surface area contributed by atoms with Crippen molar-refractivity contribution in [2.75, 3.05) is 18.0 Å². The molecular weight excluding hydrogens is 430 g/mol. The number of fused-ring (bicyclic) bond motifs is 1. The lowest BCUT2D eigenvalue weighted by molar-refractivity contribution is -0.192. The first kappa shape index (κ1) is 21.6. The molecule has 3 N–H and O–H groups in total. The molecule has 0 spiro atoms. The second-order valence-corrected chi connectivity index (χ2v) is 7.20. The summed E-state index contributed by atoms with van der Waals surface area (Å²) in [6, 6.07) is 2.67. The highest BCUT2D eigenvalue weighted by atomic mass is 32.1. The molecule has 8 nitrogen and oxygen atoms in total. The monoisotopic (exact) mass is 445 g/mol. The fourth-order valence-corrected chi connectivity index (χ4v) is 3.45. The molecule has 3 aromatic rings. The lowest BCUT2D eigenvalue weighted by atomic mass is 10.2. The van der Waals surface area contributed by atoms with Crippen molar-refractivity contribution in [2.45, 2.75) is 18.6 Å². The highest BCUT2D eigenvalue weighted by molar-refractivity contribution is 7.12. The van der Waals surface area contributed by atoms with E-state index in [1.54, 1.807) is 17.0 Å². The fraction of sp³-hybridized carbons (Fsp3) is 0.294. The Hall–Kier alpha value is -3.06. The summed E-state index contributed by atoms with van der Waals surface area (Å²) in [4.78, 5) is 31.5. The Bertz CT molecular complexity index is 1120. The fourth-order valence-electron chi connectivity index (χ4n) is 2.83. The highest BCUT2D eigenvalue weighted by Crippen LogP contribution is 2.25. The van der Waals surface area contributed by atoms with E-state index in [1.165, 1.54) is 23.5 Å². The van der Waals surface area contributed by atoms with Gasteiger partial charge in [-0.3, -0.25) is 9.36 Å². The predicted molar refractivity (Wildman–Crippen MR) is 101 cm³/mol. The van der Waals surface area contributed by atoms with Crippen LogP contribution in [0.1, 0.15) is 6.42 Å². The number of hydrogen-bond acceptors (Lipinski definition) is 7. The Morgan fingerprint density at radius 3 is 2.60 bits per heavy atom. The van der Waals surface area contributed by atoms with Crippen molar-refractivity contribution >= 4 is 34.2 Å². The topological polar surface area (TPSA) is 114 Å². The van der Waals surface area contributed by atoms with E-state index in [0.29, 0.717) is 23.9 Å². The smallest absolute Gasteiger partial charge is 0.475 e. The van der Waals surface area contributed by atoms with Crippen molar-refractivity contribution in [1.82, 2.24) is 14.5 Å². The van der Waals surface area contributed by atoms with Crippen molar-refractivity contribution in [3.63, 3.8) is 0 Å². The Kier molecular flexibility index (Phi) is 6.03. The quantitative estimate of drug-likeness (QED) is 0.581. The van der Waals surface area contributed by atoms with E-state index in [-0.39, 0.29) is 22.7 Å². The van der Waals surface area contributed by atoms with Crippen LogP contribution in [0.4, 0.5) is 23.4 Å². The van der Waals surface area contributed by atoms with E-state index in [4.69, 9.17) is 15.6 Å². The average molecular weight is 445 g/mol. The summed E-state index contributed by atoms with van der Waals surface area (Å²) < 4.78 is 47.9. The molecule has 0 aromatic carbocycles. The zero-order valence-electron chi connectivity index (χ0n) is 15.1. The van der Waals surface area contributed by atoms with Gasteiger partial charge in [-0.05, 0) is 12.5 Å². The lowest BCUT2D eigenvalue weighted by Crippen LogP contribution is -2.28. The molecule has 0 aliphatic carbocycles. The summed E-state index contributed by atoms with van der Waals surface area (Å²) >= 11 is 1.42. The van der Waals surface area contributed by atoms with E-state index in [0.717, 1.165) is 6.42 Å². The number of carboxylic acids is 1. The molecule has 13 heteroatoms. The van der Waals surface area contributed by atoms with E-state index < -0.39 is 18.0 Å². The molecule has 1 fully saturated rings. The zero-order chi connectivity index (χ0) is 22.1. The van der Waals surface area contributed by atoms with Gasteiger partial charge < -0.3 is 15.7 Å². The number of thiazole rings is 1. The first-order chi connectivity index (χ1) is 14.1. The standard InChI is InChI=1S/C15H14FN5OS.C2HF3O2/c16-11-7-10-12(22)2-5-21(15-18-3-6-23-15)13(10)19-14(11)20-4-1-9(17)8-20;3-2(4,5)1(6)7/h2-3,5-7,9H,1,4,8,17H2;(H,6,7). The number of pyridine rings is 2. The molecule has 4 rings (SSSR count). The Morgan fingerprint density at radius 2 is 2.07 bits per heavy atom. The number of aliphatic carboxylic acids is 1. The van der Waals surface area contributed by atoms with Crippen molar-refractivity contribution in [3.8, 4) is 5.13 Å². The third-order valence-corrected chi connectivity index (χ3v) is 4.97. The van der Waals surface area contributed by atoms with Crippen molar-refractivity contribution in [2.24, 2.45) is 5.73 Å². The van der Waals surface area contributed by atoms with Crippen molar-refractivity contribution in [3.05, 3.63) is 45.9 Å². The van der Waals surface area contributed by atoms with Gasteiger partial charge in [0.05, 0.1) is 5.39 Å². The molecule has 1 aliphatic rings. The van der Waals surface area contributed by atoms with Crippen LogP contribution in [0.25, 0.3) is 16.2 Å². The molecule has 0 bridgehead atoms. The van der Waals surface area contributed by atoms with Crippen molar-refractivity contribution in [1.29, 1.82) is 0 Å². The number of aromatic nitrogens is 3. The normalized spacial score (nSPS) is 16.4. The van der Waals surface area contributed by atoms with Crippen LogP contribution in [0, 0.1) is 5.82 Å². The molecule has 160 valence electrons. The second kappa shape index (κ2) is 8.36. The molecule has 0 amide bonds. The number of carbonyl (C=O) groups is 1. The Morgan fingerprint density at radius 1 is 1.37 bits per heavy atom. The molecule has 0 saturated carbocycles. The second-order valence-electron chi connectivity index (χ2n) is 6.33. The molecule has 0 radical (unpaired) electrons. The van der Waals surface area contributed by atoms with Crippen LogP contribution in [0.5, 0.6) is 0 Å². The maximum absolute atomic E-state index is 14.4. The van der Waals surface area contributed by atoms with Gasteiger partial charge in [0.25, 0.3) is 0 Å². The molecule has 1 atom stereocenters. The number of alkyl halides is 3. The Labute approximate surface area is 170 Å². The van der Waals surface area contributed by atoms with E-state index in [2.05, 4.69) is 9.97 Å². The number of hydrogen-bond donors (Lipinski definition) is 2. The van der Waals surface area contributed by atoms with Crippen LogP contribution in [-0.4, -0.2) is 50.9 Å². The first-order valence-corrected chi connectivity index (χ1v) is 9.38. The third-order valence-electron chi connectivity index (χ3n) is 4.20. The largest absolute Gasteiger partial charge is 0.490 e. The third kappa shape index (κ3) is 4.57. The number of anilines is 1. The van der Waals surface area contributed by atoms with Gasteiger partial charge >= 0.3 is 12.1 Å².